The number of rotatable bonds is 5. The molecule has 0 aliphatic rings. The Hall–Kier alpha value is -2.18. The first-order valence-electron chi connectivity index (χ1n) is 6.19. The monoisotopic (exact) mass is 381 g/mol. The fraction of sp³-hybridized carbons (Fsp3) is 0.182. The van der Waals surface area contributed by atoms with Gasteiger partial charge in [-0.15, -0.1) is 10.2 Å². The van der Waals surface area contributed by atoms with Gasteiger partial charge in [0.1, 0.15) is 0 Å². The third kappa shape index (κ3) is 4.21. The van der Waals surface area contributed by atoms with Gasteiger partial charge in [0.05, 0.1) is 22.0 Å². The number of alkyl halides is 3. The molecular weight excluding hydrogens is 371 g/mol. The molecule has 2 aromatic rings. The van der Waals surface area contributed by atoms with E-state index in [4.69, 9.17) is 23.3 Å². The second kappa shape index (κ2) is 7.15. The van der Waals surface area contributed by atoms with Crippen molar-refractivity contribution >= 4 is 40.9 Å². The van der Waals surface area contributed by atoms with Crippen LogP contribution in [-0.4, -0.2) is 26.5 Å². The van der Waals surface area contributed by atoms with E-state index in [1.54, 1.807) is 0 Å². The van der Waals surface area contributed by atoms with Crippen molar-refractivity contribution in [3.63, 3.8) is 0 Å². The highest BCUT2D eigenvalue weighted by molar-refractivity contribution is 7.99. The molecule has 0 saturated heterocycles. The molecule has 8 nitrogen and oxygen atoms in total. The maximum atomic E-state index is 12.7. The van der Waals surface area contributed by atoms with Crippen LogP contribution in [0, 0.1) is 0 Å². The van der Waals surface area contributed by atoms with Gasteiger partial charge in [0.25, 0.3) is 5.95 Å². The molecule has 0 bridgehead atoms. The quantitative estimate of drug-likeness (QED) is 0.353. The van der Waals surface area contributed by atoms with Gasteiger partial charge in [-0.25, -0.2) is 10.5 Å². The molecule has 6 N–H and O–H groups in total. The van der Waals surface area contributed by atoms with E-state index in [2.05, 4.69) is 20.9 Å². The van der Waals surface area contributed by atoms with Gasteiger partial charge in [0.2, 0.25) is 11.1 Å². The molecule has 1 aromatic heterocycles. The second-order valence-electron chi connectivity index (χ2n) is 4.35. The molecule has 130 valence electrons. The number of carbonyl (C=O) groups excluding carboxylic acids is 1. The molecule has 1 amide bonds. The largest absolute Gasteiger partial charge is 0.416 e. The first kappa shape index (κ1) is 18.2. The summed E-state index contributed by atoms with van der Waals surface area (Å²) in [6.45, 7) is 0. The summed E-state index contributed by atoms with van der Waals surface area (Å²) in [5, 5.41) is 9.76. The van der Waals surface area contributed by atoms with Crippen LogP contribution in [0.1, 0.15) is 5.56 Å². The van der Waals surface area contributed by atoms with Crippen LogP contribution < -0.4 is 22.4 Å². The molecule has 0 atom stereocenters. The average Bonchev–Trinajstić information content (AvgIpc) is 2.86. The number of nitrogens with zero attached hydrogens (tertiary/aromatic N) is 3. The predicted molar refractivity (Wildman–Crippen MR) is 83.8 cm³/mol. The Morgan fingerprint density at radius 1 is 1.38 bits per heavy atom. The maximum absolute atomic E-state index is 12.7. The maximum Gasteiger partial charge on any atom is 0.416 e. The summed E-state index contributed by atoms with van der Waals surface area (Å²) < 4.78 is 39.1. The van der Waals surface area contributed by atoms with Crippen molar-refractivity contribution in [1.29, 1.82) is 0 Å². The third-order valence-corrected chi connectivity index (χ3v) is 3.97. The van der Waals surface area contributed by atoms with Crippen molar-refractivity contribution < 1.29 is 18.0 Å². The molecule has 0 saturated carbocycles. The number of amides is 1. The van der Waals surface area contributed by atoms with E-state index in [-0.39, 0.29) is 27.6 Å². The first-order chi connectivity index (χ1) is 11.2. The van der Waals surface area contributed by atoms with Gasteiger partial charge >= 0.3 is 6.18 Å². The highest BCUT2D eigenvalue weighted by Crippen LogP contribution is 2.33. The van der Waals surface area contributed by atoms with E-state index in [0.29, 0.717) is 0 Å². The first-order valence-corrected chi connectivity index (χ1v) is 7.55. The van der Waals surface area contributed by atoms with Crippen LogP contribution in [0.5, 0.6) is 0 Å². The summed E-state index contributed by atoms with van der Waals surface area (Å²) >= 11 is 6.72. The van der Waals surface area contributed by atoms with E-state index >= 15 is 0 Å². The molecule has 0 aliphatic carbocycles. The molecule has 1 aromatic carbocycles. The Kier molecular flexibility index (Phi) is 5.41. The van der Waals surface area contributed by atoms with Crippen molar-refractivity contribution in [2.24, 2.45) is 5.84 Å². The second-order valence-corrected chi connectivity index (χ2v) is 5.70. The molecular formula is C11H11ClF3N7OS. The van der Waals surface area contributed by atoms with E-state index in [9.17, 15) is 18.0 Å². The molecule has 1 heterocycles. The molecule has 0 fully saturated rings. The minimum atomic E-state index is -4.54. The van der Waals surface area contributed by atoms with Gasteiger partial charge in [-0.05, 0) is 18.2 Å². The number of thioether (sulfide) groups is 1. The Morgan fingerprint density at radius 3 is 2.67 bits per heavy atom. The summed E-state index contributed by atoms with van der Waals surface area (Å²) in [5.74, 6) is 10.1. The van der Waals surface area contributed by atoms with Gasteiger partial charge in [-0.2, -0.15) is 13.2 Å². The van der Waals surface area contributed by atoms with Crippen LogP contribution in [0.4, 0.5) is 24.8 Å². The van der Waals surface area contributed by atoms with Crippen LogP contribution in [-0.2, 0) is 11.0 Å². The van der Waals surface area contributed by atoms with Crippen molar-refractivity contribution in [2.75, 3.05) is 22.3 Å². The van der Waals surface area contributed by atoms with Gasteiger partial charge in [-0.1, -0.05) is 23.4 Å². The zero-order chi connectivity index (χ0) is 17.9. The lowest BCUT2D eigenvalue weighted by Gasteiger charge is -2.11. The zero-order valence-corrected chi connectivity index (χ0v) is 13.3. The van der Waals surface area contributed by atoms with Crippen LogP contribution >= 0.6 is 23.4 Å². The minimum absolute atomic E-state index is 0.0158. The minimum Gasteiger partial charge on any atom is -0.334 e. The summed E-state index contributed by atoms with van der Waals surface area (Å²) in [6, 6.07) is 2.64. The van der Waals surface area contributed by atoms with Crippen LogP contribution in [0.2, 0.25) is 5.02 Å². The number of hydrogen-bond acceptors (Lipinski definition) is 7. The van der Waals surface area contributed by atoms with Crippen molar-refractivity contribution in [3.8, 4) is 0 Å². The molecule has 13 heteroatoms. The van der Waals surface area contributed by atoms with Crippen LogP contribution in [0.3, 0.4) is 0 Å². The Balaban J connectivity index is 2.03. The van der Waals surface area contributed by atoms with Crippen molar-refractivity contribution in [1.82, 2.24) is 14.9 Å². The number of benzene rings is 1. The SMILES string of the molecule is NNc1nnc(SCC(=O)Nc2cc(C(F)(F)F)ccc2Cl)n1N. The van der Waals surface area contributed by atoms with Gasteiger partial charge in [0, 0.05) is 0 Å². The highest BCUT2D eigenvalue weighted by Gasteiger charge is 2.31. The molecule has 2 rings (SSSR count). The standard InChI is InChI=1S/C11H11ClF3N7OS/c12-6-2-1-5(11(13,14)15)3-7(6)18-8(23)4-24-10-21-20-9(19-16)22(10)17/h1-3H,4,16-17H2,(H,18,23)(H,19,20). The van der Waals surface area contributed by atoms with E-state index in [1.807, 2.05) is 0 Å². The Morgan fingerprint density at radius 2 is 2.08 bits per heavy atom. The van der Waals surface area contributed by atoms with Gasteiger partial charge in [-0.3, -0.25) is 10.2 Å². The predicted octanol–water partition coefficient (Wildman–Crippen LogP) is 1.68. The Bertz CT molecular complexity index is 752. The summed E-state index contributed by atoms with van der Waals surface area (Å²) in [4.78, 5) is 11.9. The lowest BCUT2D eigenvalue weighted by Crippen LogP contribution is -2.19. The number of hydrogen-bond donors (Lipinski definition) is 4. The molecule has 24 heavy (non-hydrogen) atoms. The van der Waals surface area contributed by atoms with Crippen LogP contribution in [0.15, 0.2) is 23.4 Å². The normalized spacial score (nSPS) is 11.4. The number of nitrogens with one attached hydrogen (secondary N) is 2. The number of aromatic nitrogens is 3. The Labute approximate surface area is 142 Å². The zero-order valence-electron chi connectivity index (χ0n) is 11.8. The van der Waals surface area contributed by atoms with Crippen LogP contribution in [0.25, 0.3) is 0 Å². The van der Waals surface area contributed by atoms with E-state index in [0.717, 1.165) is 34.6 Å². The number of nitrogens with two attached hydrogens (primary N) is 2. The smallest absolute Gasteiger partial charge is 0.334 e. The summed E-state index contributed by atoms with van der Waals surface area (Å²) in [5.41, 5.74) is 1.13. The molecule has 0 spiro atoms. The highest BCUT2D eigenvalue weighted by atomic mass is 35.5. The number of carbonyl (C=O) groups is 1. The summed E-state index contributed by atoms with van der Waals surface area (Å²) in [7, 11) is 0. The lowest BCUT2D eigenvalue weighted by molar-refractivity contribution is -0.137. The topological polar surface area (TPSA) is 124 Å². The van der Waals surface area contributed by atoms with Gasteiger partial charge in [0.15, 0.2) is 0 Å². The fourth-order valence-corrected chi connectivity index (χ4v) is 2.41. The molecule has 0 radical (unpaired) electrons. The molecule has 0 unspecified atom stereocenters. The summed E-state index contributed by atoms with van der Waals surface area (Å²) in [6.07, 6.45) is -4.54. The third-order valence-electron chi connectivity index (χ3n) is 2.69. The van der Waals surface area contributed by atoms with Crippen molar-refractivity contribution in [3.05, 3.63) is 28.8 Å². The number of nitrogen functional groups attached to an aromatic ring is 2. The van der Waals surface area contributed by atoms with E-state index in [1.165, 1.54) is 0 Å². The number of anilines is 2. The number of halogens is 4. The van der Waals surface area contributed by atoms with E-state index < -0.39 is 17.6 Å². The number of hydrazine groups is 1. The fourth-order valence-electron chi connectivity index (χ4n) is 1.59. The average molecular weight is 382 g/mol. The lowest BCUT2D eigenvalue weighted by atomic mass is 10.2. The molecule has 0 aliphatic heterocycles. The van der Waals surface area contributed by atoms with Crippen molar-refractivity contribution in [2.45, 2.75) is 11.3 Å². The van der Waals surface area contributed by atoms with Gasteiger partial charge < -0.3 is 11.2 Å².